The Balaban J connectivity index is 3.21. The minimum atomic E-state index is -0.664. The average molecular weight is 263 g/mol. The molecule has 0 aliphatic rings. The Hall–Kier alpha value is -0.440. The highest BCUT2D eigenvalue weighted by Crippen LogP contribution is 2.40. The van der Waals surface area contributed by atoms with Crippen LogP contribution in [0.5, 0.6) is 5.75 Å². The number of rotatable bonds is 2. The first kappa shape index (κ1) is 13.6. The van der Waals surface area contributed by atoms with Crippen molar-refractivity contribution >= 4 is 23.2 Å². The molecule has 0 aliphatic heterocycles. The van der Waals surface area contributed by atoms with Gasteiger partial charge < -0.3 is 9.84 Å². The van der Waals surface area contributed by atoms with Gasteiger partial charge in [0.1, 0.15) is 5.75 Å². The Kier molecular flexibility index (Phi) is 4.11. The lowest BCUT2D eigenvalue weighted by Crippen LogP contribution is -2.18. The standard InChI is InChI=1S/C12H16Cl2O2/c1-12(2,3)11(15)7-5-9(14)10(16-4)6-8(7)13/h5-6,11,15H,1-4H3. The SMILES string of the molecule is COc1cc(Cl)c(C(O)C(C)(C)C)cc1Cl. The molecule has 0 fully saturated rings. The van der Waals surface area contributed by atoms with Crippen molar-refractivity contribution in [3.05, 3.63) is 27.7 Å². The van der Waals surface area contributed by atoms with E-state index in [1.54, 1.807) is 12.1 Å². The van der Waals surface area contributed by atoms with Gasteiger partial charge in [-0.15, -0.1) is 0 Å². The Morgan fingerprint density at radius 3 is 2.19 bits per heavy atom. The lowest BCUT2D eigenvalue weighted by atomic mass is 9.85. The quantitative estimate of drug-likeness (QED) is 0.871. The molecule has 0 radical (unpaired) electrons. The highest BCUT2D eigenvalue weighted by molar-refractivity contribution is 6.34. The van der Waals surface area contributed by atoms with Gasteiger partial charge in [-0.2, -0.15) is 0 Å². The third-order valence-electron chi connectivity index (χ3n) is 2.39. The lowest BCUT2D eigenvalue weighted by molar-refractivity contribution is 0.0627. The third-order valence-corrected chi connectivity index (χ3v) is 3.01. The number of halogens is 2. The first-order valence-corrected chi connectivity index (χ1v) is 5.74. The van der Waals surface area contributed by atoms with Gasteiger partial charge in [-0.05, 0) is 11.5 Å². The molecule has 1 aromatic rings. The van der Waals surface area contributed by atoms with Gasteiger partial charge in [0.15, 0.2) is 0 Å². The molecule has 1 aromatic carbocycles. The van der Waals surface area contributed by atoms with Crippen molar-refractivity contribution in [2.45, 2.75) is 26.9 Å². The fourth-order valence-electron chi connectivity index (χ4n) is 1.38. The van der Waals surface area contributed by atoms with Crippen LogP contribution < -0.4 is 4.74 Å². The summed E-state index contributed by atoms with van der Waals surface area (Å²) in [5.41, 5.74) is 0.335. The van der Waals surface area contributed by atoms with Crippen molar-refractivity contribution in [1.29, 1.82) is 0 Å². The molecule has 2 nitrogen and oxygen atoms in total. The zero-order chi connectivity index (χ0) is 12.5. The first-order valence-electron chi connectivity index (χ1n) is 4.98. The second-order valence-electron chi connectivity index (χ2n) is 4.78. The molecule has 1 atom stereocenters. The fourth-order valence-corrected chi connectivity index (χ4v) is 1.88. The summed E-state index contributed by atoms with van der Waals surface area (Å²) in [4.78, 5) is 0. The van der Waals surface area contributed by atoms with E-state index in [-0.39, 0.29) is 5.41 Å². The van der Waals surface area contributed by atoms with Crippen LogP contribution in [-0.4, -0.2) is 12.2 Å². The maximum absolute atomic E-state index is 10.1. The minimum absolute atomic E-state index is 0.290. The molecule has 16 heavy (non-hydrogen) atoms. The first-order chi connectivity index (χ1) is 7.27. The molecule has 0 spiro atoms. The molecule has 90 valence electrons. The molecule has 0 saturated carbocycles. The number of ether oxygens (including phenoxy) is 1. The summed E-state index contributed by atoms with van der Waals surface area (Å²) < 4.78 is 5.05. The summed E-state index contributed by atoms with van der Waals surface area (Å²) in [6.45, 7) is 5.81. The fraction of sp³-hybridized carbons (Fsp3) is 0.500. The largest absolute Gasteiger partial charge is 0.495 e. The topological polar surface area (TPSA) is 29.5 Å². The van der Waals surface area contributed by atoms with Crippen LogP contribution in [0.1, 0.15) is 32.4 Å². The van der Waals surface area contributed by atoms with E-state index < -0.39 is 6.10 Å². The Morgan fingerprint density at radius 1 is 1.19 bits per heavy atom. The van der Waals surface area contributed by atoms with Gasteiger partial charge in [0, 0.05) is 11.6 Å². The number of methoxy groups -OCH3 is 1. The predicted molar refractivity (Wildman–Crippen MR) is 67.4 cm³/mol. The average Bonchev–Trinajstić information content (AvgIpc) is 2.18. The second kappa shape index (κ2) is 4.82. The maximum atomic E-state index is 10.1. The summed E-state index contributed by atoms with van der Waals surface area (Å²) in [6.07, 6.45) is -0.664. The summed E-state index contributed by atoms with van der Waals surface area (Å²) >= 11 is 12.1. The van der Waals surface area contributed by atoms with Gasteiger partial charge in [0.25, 0.3) is 0 Å². The number of benzene rings is 1. The molecule has 0 aromatic heterocycles. The number of hydrogen-bond donors (Lipinski definition) is 1. The highest BCUT2D eigenvalue weighted by atomic mass is 35.5. The van der Waals surface area contributed by atoms with E-state index in [1.165, 1.54) is 7.11 Å². The van der Waals surface area contributed by atoms with E-state index in [9.17, 15) is 5.11 Å². The van der Waals surface area contributed by atoms with Crippen LogP contribution >= 0.6 is 23.2 Å². The molecular formula is C12H16Cl2O2. The summed E-state index contributed by atoms with van der Waals surface area (Å²) in [6, 6.07) is 3.27. The van der Waals surface area contributed by atoms with Crippen LogP contribution in [0.4, 0.5) is 0 Å². The third kappa shape index (κ3) is 2.82. The van der Waals surface area contributed by atoms with Gasteiger partial charge in [0.05, 0.1) is 23.3 Å². The van der Waals surface area contributed by atoms with Gasteiger partial charge in [-0.1, -0.05) is 44.0 Å². The van der Waals surface area contributed by atoms with E-state index in [2.05, 4.69) is 0 Å². The van der Waals surface area contributed by atoms with Crippen LogP contribution in [0.3, 0.4) is 0 Å². The Labute approximate surface area is 106 Å². The van der Waals surface area contributed by atoms with Crippen LogP contribution in [0.2, 0.25) is 10.0 Å². The molecule has 0 amide bonds. The monoisotopic (exact) mass is 262 g/mol. The number of hydrogen-bond acceptors (Lipinski definition) is 2. The van der Waals surface area contributed by atoms with Crippen molar-refractivity contribution in [2.75, 3.05) is 7.11 Å². The van der Waals surface area contributed by atoms with Gasteiger partial charge in [-0.25, -0.2) is 0 Å². The summed E-state index contributed by atoms with van der Waals surface area (Å²) in [5, 5.41) is 11.1. The molecular weight excluding hydrogens is 247 g/mol. The van der Waals surface area contributed by atoms with E-state index in [0.717, 1.165) is 0 Å². The van der Waals surface area contributed by atoms with E-state index in [0.29, 0.717) is 21.4 Å². The van der Waals surface area contributed by atoms with Crippen LogP contribution in [0.15, 0.2) is 12.1 Å². The van der Waals surface area contributed by atoms with Gasteiger partial charge >= 0.3 is 0 Å². The van der Waals surface area contributed by atoms with Crippen LogP contribution in [0, 0.1) is 5.41 Å². The number of aliphatic hydroxyl groups excluding tert-OH is 1. The van der Waals surface area contributed by atoms with Gasteiger partial charge in [-0.3, -0.25) is 0 Å². The zero-order valence-electron chi connectivity index (χ0n) is 9.84. The van der Waals surface area contributed by atoms with Crippen LogP contribution in [-0.2, 0) is 0 Å². The van der Waals surface area contributed by atoms with Gasteiger partial charge in [0.2, 0.25) is 0 Å². The molecule has 4 heteroatoms. The van der Waals surface area contributed by atoms with Crippen molar-refractivity contribution in [3.8, 4) is 5.75 Å². The molecule has 1 N–H and O–H groups in total. The minimum Gasteiger partial charge on any atom is -0.495 e. The summed E-state index contributed by atoms with van der Waals surface area (Å²) in [5.74, 6) is 0.511. The molecule has 1 unspecified atom stereocenters. The Morgan fingerprint density at radius 2 is 1.75 bits per heavy atom. The van der Waals surface area contributed by atoms with Crippen molar-refractivity contribution in [2.24, 2.45) is 5.41 Å². The van der Waals surface area contributed by atoms with Crippen molar-refractivity contribution in [1.82, 2.24) is 0 Å². The smallest absolute Gasteiger partial charge is 0.138 e. The molecule has 0 saturated heterocycles. The molecule has 0 heterocycles. The van der Waals surface area contributed by atoms with Crippen molar-refractivity contribution < 1.29 is 9.84 Å². The normalized spacial score (nSPS) is 13.7. The Bertz CT molecular complexity index is 383. The van der Waals surface area contributed by atoms with E-state index in [4.69, 9.17) is 27.9 Å². The number of aliphatic hydroxyl groups is 1. The van der Waals surface area contributed by atoms with Crippen LogP contribution in [0.25, 0.3) is 0 Å². The lowest BCUT2D eigenvalue weighted by Gasteiger charge is -2.27. The second-order valence-corrected chi connectivity index (χ2v) is 5.59. The van der Waals surface area contributed by atoms with E-state index in [1.807, 2.05) is 20.8 Å². The molecule has 0 bridgehead atoms. The predicted octanol–water partition coefficient (Wildman–Crippen LogP) is 4.08. The zero-order valence-corrected chi connectivity index (χ0v) is 11.4. The van der Waals surface area contributed by atoms with E-state index >= 15 is 0 Å². The molecule has 1 rings (SSSR count). The molecule has 0 aliphatic carbocycles. The highest BCUT2D eigenvalue weighted by Gasteiger charge is 2.26. The van der Waals surface area contributed by atoms with Crippen molar-refractivity contribution in [3.63, 3.8) is 0 Å². The maximum Gasteiger partial charge on any atom is 0.138 e. The summed E-state index contributed by atoms with van der Waals surface area (Å²) in [7, 11) is 1.53.